The van der Waals surface area contributed by atoms with E-state index < -0.39 is 11.6 Å². The van der Waals surface area contributed by atoms with Crippen LogP contribution in [0.25, 0.3) is 0 Å². The molecule has 0 spiro atoms. The molecule has 1 N–H and O–H groups in total. The van der Waals surface area contributed by atoms with Gasteiger partial charge in [0.25, 0.3) is 0 Å². The summed E-state index contributed by atoms with van der Waals surface area (Å²) in [6.45, 7) is 2.40. The van der Waals surface area contributed by atoms with E-state index in [9.17, 15) is 4.79 Å². The van der Waals surface area contributed by atoms with Gasteiger partial charge in [0.15, 0.2) is 5.60 Å². The second-order valence-electron chi connectivity index (χ2n) is 5.94. The number of carbonyl (C=O) groups is 1. The Morgan fingerprint density at radius 1 is 1.29 bits per heavy atom. The van der Waals surface area contributed by atoms with Crippen molar-refractivity contribution in [1.29, 1.82) is 0 Å². The number of halogens is 1. The average molecular weight is 311 g/mol. The predicted molar refractivity (Wildman–Crippen MR) is 83.9 cm³/mol. The maximum Gasteiger partial charge on any atom is 0.338 e. The third-order valence-electron chi connectivity index (χ3n) is 4.16. The van der Waals surface area contributed by atoms with Gasteiger partial charge >= 0.3 is 5.97 Å². The molecule has 1 aromatic rings. The molecular formula is C17H23ClO3. The topological polar surface area (TPSA) is 49.8 Å². The van der Waals surface area contributed by atoms with Crippen molar-refractivity contribution in [3.05, 3.63) is 34.3 Å². The molecule has 0 saturated carbocycles. The summed E-state index contributed by atoms with van der Waals surface area (Å²) in [6.07, 6.45) is 7.19. The lowest BCUT2D eigenvalue weighted by molar-refractivity contribution is -0.143. The maximum absolute atomic E-state index is 10.9. The van der Waals surface area contributed by atoms with Crippen molar-refractivity contribution < 1.29 is 14.6 Å². The summed E-state index contributed by atoms with van der Waals surface area (Å²) in [5.74, 6) is -0.807. The molecule has 0 bridgehead atoms. The third kappa shape index (κ3) is 4.72. The zero-order valence-electron chi connectivity index (χ0n) is 12.5. The summed E-state index contributed by atoms with van der Waals surface area (Å²) in [7, 11) is 0. The Balaban J connectivity index is 1.54. The average Bonchev–Trinajstić information content (AvgIpc) is 3.23. The Kier molecular flexibility index (Phi) is 5.65. The minimum Gasteiger partial charge on any atom is -0.479 e. The molecular weight excluding hydrogens is 288 g/mol. The van der Waals surface area contributed by atoms with Crippen molar-refractivity contribution in [1.82, 2.24) is 0 Å². The van der Waals surface area contributed by atoms with Gasteiger partial charge in [-0.2, -0.15) is 0 Å². The highest BCUT2D eigenvalue weighted by atomic mass is 35.5. The first-order valence-electron chi connectivity index (χ1n) is 7.66. The molecule has 1 atom stereocenters. The number of carboxylic acid groups (broad SMARTS) is 1. The number of ether oxygens (including phenoxy) is 1. The zero-order chi connectivity index (χ0) is 15.3. The number of hydrogen-bond acceptors (Lipinski definition) is 2. The normalized spacial score (nSPS) is 20.5. The number of benzene rings is 1. The highest BCUT2D eigenvalue weighted by molar-refractivity contribution is 6.31. The first-order valence-corrected chi connectivity index (χ1v) is 8.04. The summed E-state index contributed by atoms with van der Waals surface area (Å²) in [6, 6.07) is 6.26. The molecule has 0 amide bonds. The standard InChI is InChI=1S/C17H23ClO3/c1-13-8-9-14(11-15(13)18)7-5-3-2-4-6-10-17(12-21-17)16(19)20/h8-9,11H,2-7,10,12H2,1H3,(H,19,20). The number of carboxylic acids is 1. The first-order chi connectivity index (χ1) is 10.0. The minimum atomic E-state index is -0.835. The van der Waals surface area contributed by atoms with Gasteiger partial charge in [-0.3, -0.25) is 0 Å². The van der Waals surface area contributed by atoms with Crippen LogP contribution in [0, 0.1) is 6.92 Å². The molecule has 1 unspecified atom stereocenters. The number of rotatable bonds is 9. The van der Waals surface area contributed by atoms with Gasteiger partial charge in [-0.25, -0.2) is 4.79 Å². The molecule has 4 heteroatoms. The summed E-state index contributed by atoms with van der Waals surface area (Å²) in [5, 5.41) is 9.82. The largest absolute Gasteiger partial charge is 0.479 e. The predicted octanol–water partition coefficient (Wildman–Crippen LogP) is 4.39. The molecule has 0 radical (unpaired) electrons. The molecule has 0 aromatic heterocycles. The number of epoxide rings is 1. The zero-order valence-corrected chi connectivity index (χ0v) is 13.3. The van der Waals surface area contributed by atoms with E-state index in [1.54, 1.807) is 0 Å². The van der Waals surface area contributed by atoms with Crippen molar-refractivity contribution >= 4 is 17.6 Å². The highest BCUT2D eigenvalue weighted by Gasteiger charge is 2.51. The van der Waals surface area contributed by atoms with Crippen molar-refractivity contribution in [3.63, 3.8) is 0 Å². The lowest BCUT2D eigenvalue weighted by atomic mass is 10.00. The maximum atomic E-state index is 10.9. The lowest BCUT2D eigenvalue weighted by Crippen LogP contribution is -2.23. The highest BCUT2D eigenvalue weighted by Crippen LogP contribution is 2.33. The van der Waals surface area contributed by atoms with E-state index in [0.29, 0.717) is 13.0 Å². The van der Waals surface area contributed by atoms with Crippen molar-refractivity contribution in [2.75, 3.05) is 6.61 Å². The SMILES string of the molecule is Cc1ccc(CCCCCCCC2(C(=O)O)CO2)cc1Cl. The molecule has 1 saturated heterocycles. The van der Waals surface area contributed by atoms with E-state index in [4.69, 9.17) is 21.4 Å². The van der Waals surface area contributed by atoms with Gasteiger partial charge in [-0.05, 0) is 49.8 Å². The number of hydrogen-bond donors (Lipinski definition) is 1. The fourth-order valence-electron chi connectivity index (χ4n) is 2.52. The van der Waals surface area contributed by atoms with Crippen LogP contribution in [0.3, 0.4) is 0 Å². The molecule has 0 aliphatic carbocycles. The Labute approximate surface area is 131 Å². The summed E-state index contributed by atoms with van der Waals surface area (Å²) < 4.78 is 5.05. The van der Waals surface area contributed by atoms with Crippen molar-refractivity contribution in [2.24, 2.45) is 0 Å². The molecule has 1 heterocycles. The third-order valence-corrected chi connectivity index (χ3v) is 4.57. The Bertz CT molecular complexity index is 495. The summed E-state index contributed by atoms with van der Waals surface area (Å²) in [5.41, 5.74) is 1.58. The summed E-state index contributed by atoms with van der Waals surface area (Å²) >= 11 is 6.11. The Hall–Kier alpha value is -1.06. The first kappa shape index (κ1) is 16.3. The molecule has 2 rings (SSSR count). The Morgan fingerprint density at radius 3 is 2.57 bits per heavy atom. The van der Waals surface area contributed by atoms with Gasteiger partial charge in [0, 0.05) is 5.02 Å². The van der Waals surface area contributed by atoms with Gasteiger partial charge in [0.05, 0.1) is 6.61 Å². The summed E-state index contributed by atoms with van der Waals surface area (Å²) in [4.78, 5) is 10.9. The van der Waals surface area contributed by atoms with E-state index in [1.165, 1.54) is 12.0 Å². The molecule has 21 heavy (non-hydrogen) atoms. The number of unbranched alkanes of at least 4 members (excludes halogenated alkanes) is 4. The fourth-order valence-corrected chi connectivity index (χ4v) is 2.73. The van der Waals surface area contributed by atoms with Crippen LogP contribution in [-0.4, -0.2) is 23.3 Å². The fraction of sp³-hybridized carbons (Fsp3) is 0.588. The van der Waals surface area contributed by atoms with Crippen LogP contribution < -0.4 is 0 Å². The second-order valence-corrected chi connectivity index (χ2v) is 6.35. The number of aliphatic carboxylic acids is 1. The molecule has 116 valence electrons. The minimum absolute atomic E-state index is 0.385. The molecule has 1 aliphatic heterocycles. The van der Waals surface area contributed by atoms with Gasteiger partial charge in [0.2, 0.25) is 0 Å². The monoisotopic (exact) mass is 310 g/mol. The van der Waals surface area contributed by atoms with Crippen molar-refractivity contribution in [2.45, 2.75) is 57.5 Å². The van der Waals surface area contributed by atoms with Crippen LogP contribution in [-0.2, 0) is 16.0 Å². The quantitative estimate of drug-likeness (QED) is 0.544. The van der Waals surface area contributed by atoms with Gasteiger partial charge in [0.1, 0.15) is 0 Å². The molecule has 3 nitrogen and oxygen atoms in total. The smallest absolute Gasteiger partial charge is 0.338 e. The second kappa shape index (κ2) is 7.28. The van der Waals surface area contributed by atoms with Crippen LogP contribution in [0.2, 0.25) is 5.02 Å². The van der Waals surface area contributed by atoms with Gasteiger partial charge < -0.3 is 9.84 Å². The van der Waals surface area contributed by atoms with E-state index in [0.717, 1.165) is 42.7 Å². The van der Waals surface area contributed by atoms with Crippen LogP contribution in [0.1, 0.15) is 49.7 Å². The molecule has 1 aliphatic rings. The molecule has 1 aromatic carbocycles. The van der Waals surface area contributed by atoms with E-state index >= 15 is 0 Å². The number of aryl methyl sites for hydroxylation is 2. The van der Waals surface area contributed by atoms with E-state index in [1.807, 2.05) is 6.92 Å². The molecule has 1 fully saturated rings. The van der Waals surface area contributed by atoms with Gasteiger partial charge in [-0.1, -0.05) is 43.0 Å². The van der Waals surface area contributed by atoms with Gasteiger partial charge in [-0.15, -0.1) is 0 Å². The van der Waals surface area contributed by atoms with E-state index in [-0.39, 0.29) is 0 Å². The van der Waals surface area contributed by atoms with Crippen LogP contribution in [0.15, 0.2) is 18.2 Å². The van der Waals surface area contributed by atoms with Crippen molar-refractivity contribution in [3.8, 4) is 0 Å². The van der Waals surface area contributed by atoms with Crippen LogP contribution in [0.5, 0.6) is 0 Å². The van der Waals surface area contributed by atoms with Crippen LogP contribution in [0.4, 0.5) is 0 Å². The Morgan fingerprint density at radius 2 is 1.95 bits per heavy atom. The van der Waals surface area contributed by atoms with Crippen LogP contribution >= 0.6 is 11.6 Å². The lowest BCUT2D eigenvalue weighted by Gasteiger charge is -2.06. The van der Waals surface area contributed by atoms with E-state index in [2.05, 4.69) is 18.2 Å².